The number of rotatable bonds is 3. The van der Waals surface area contributed by atoms with Gasteiger partial charge >= 0.3 is 0 Å². The summed E-state index contributed by atoms with van der Waals surface area (Å²) in [6.07, 6.45) is 3.45. The second-order valence-electron chi connectivity index (χ2n) is 2.98. The van der Waals surface area contributed by atoms with Gasteiger partial charge in [-0.3, -0.25) is 4.79 Å². The van der Waals surface area contributed by atoms with Gasteiger partial charge in [-0.05, 0) is 24.5 Å². The fourth-order valence-corrected chi connectivity index (χ4v) is 2.03. The number of carbonyl (C=O) groups is 1. The molecule has 2 aromatic rings. The number of hydrogen-bond acceptors (Lipinski definition) is 5. The molecule has 1 N–H and O–H groups in total. The van der Waals surface area contributed by atoms with Crippen molar-refractivity contribution in [2.45, 2.75) is 4.90 Å². The Morgan fingerprint density at radius 3 is 3.06 bits per heavy atom. The average Bonchev–Trinajstić information content (AvgIpc) is 2.83. The van der Waals surface area contributed by atoms with Crippen molar-refractivity contribution in [1.82, 2.24) is 8.75 Å². The number of hydrogen-bond donors (Lipinski definition) is 1. The Hall–Kier alpha value is -1.40. The van der Waals surface area contributed by atoms with Crippen molar-refractivity contribution in [2.24, 2.45) is 0 Å². The average molecular weight is 251 g/mol. The first-order valence-corrected chi connectivity index (χ1v) is 6.48. The van der Waals surface area contributed by atoms with Crippen LogP contribution in [0.2, 0.25) is 0 Å². The van der Waals surface area contributed by atoms with E-state index in [9.17, 15) is 4.79 Å². The summed E-state index contributed by atoms with van der Waals surface area (Å²) >= 11 is 2.65. The lowest BCUT2D eigenvalue weighted by atomic mass is 10.3. The minimum absolute atomic E-state index is 0.230. The predicted octanol–water partition coefficient (Wildman–Crippen LogP) is 2.51. The molecule has 0 aliphatic heterocycles. The smallest absolute Gasteiger partial charge is 0.277 e. The fraction of sp³-hybridized carbons (Fsp3) is 0.100. The van der Waals surface area contributed by atoms with E-state index in [0.29, 0.717) is 5.69 Å². The van der Waals surface area contributed by atoms with Crippen molar-refractivity contribution in [3.8, 4) is 0 Å². The van der Waals surface area contributed by atoms with E-state index in [4.69, 9.17) is 0 Å². The zero-order valence-corrected chi connectivity index (χ0v) is 10.1. The molecule has 0 saturated carbocycles. The second kappa shape index (κ2) is 5.09. The van der Waals surface area contributed by atoms with Crippen LogP contribution < -0.4 is 5.32 Å². The molecule has 0 unspecified atom stereocenters. The fourth-order valence-electron chi connectivity index (χ4n) is 1.16. The van der Waals surface area contributed by atoms with E-state index in [0.717, 1.165) is 22.3 Å². The highest BCUT2D eigenvalue weighted by Crippen LogP contribution is 2.19. The largest absolute Gasteiger partial charge is 0.321 e. The Bertz CT molecular complexity index is 485. The Kier molecular flexibility index (Phi) is 3.53. The van der Waals surface area contributed by atoms with Crippen molar-refractivity contribution < 1.29 is 4.79 Å². The van der Waals surface area contributed by atoms with Crippen molar-refractivity contribution in [2.75, 3.05) is 11.6 Å². The molecule has 0 radical (unpaired) electrons. The highest BCUT2D eigenvalue weighted by molar-refractivity contribution is 7.98. The van der Waals surface area contributed by atoms with Gasteiger partial charge in [0.25, 0.3) is 5.91 Å². The summed E-state index contributed by atoms with van der Waals surface area (Å²) in [4.78, 5) is 12.8. The number of amides is 1. The second-order valence-corrected chi connectivity index (χ2v) is 4.42. The first-order chi connectivity index (χ1) is 7.79. The Morgan fingerprint density at radius 2 is 2.38 bits per heavy atom. The predicted molar refractivity (Wildman–Crippen MR) is 66.1 cm³/mol. The molecule has 0 aliphatic carbocycles. The third-order valence-corrected chi connectivity index (χ3v) is 3.12. The normalized spacial score (nSPS) is 10.1. The number of anilines is 1. The van der Waals surface area contributed by atoms with Crippen LogP contribution in [0.1, 0.15) is 10.5 Å². The monoisotopic (exact) mass is 251 g/mol. The molecule has 2 rings (SSSR count). The minimum atomic E-state index is -0.230. The van der Waals surface area contributed by atoms with Crippen molar-refractivity contribution in [3.05, 3.63) is 36.2 Å². The maximum absolute atomic E-state index is 11.7. The molecular formula is C10H9N3OS2. The Labute approximate surface area is 101 Å². The first kappa shape index (κ1) is 11.1. The van der Waals surface area contributed by atoms with Gasteiger partial charge < -0.3 is 5.32 Å². The number of carbonyl (C=O) groups excluding carboxylic acids is 1. The summed E-state index contributed by atoms with van der Waals surface area (Å²) in [6, 6.07) is 7.66. The quantitative estimate of drug-likeness (QED) is 0.852. The van der Waals surface area contributed by atoms with Gasteiger partial charge in [0.05, 0.1) is 17.9 Å². The van der Waals surface area contributed by atoms with E-state index >= 15 is 0 Å². The highest BCUT2D eigenvalue weighted by atomic mass is 32.2. The highest BCUT2D eigenvalue weighted by Gasteiger charge is 2.08. The van der Waals surface area contributed by atoms with Gasteiger partial charge in [-0.15, -0.1) is 11.8 Å². The van der Waals surface area contributed by atoms with Gasteiger partial charge in [-0.1, -0.05) is 6.07 Å². The summed E-state index contributed by atoms with van der Waals surface area (Å²) in [5.74, 6) is -0.230. The first-order valence-electron chi connectivity index (χ1n) is 4.52. The lowest BCUT2D eigenvalue weighted by molar-refractivity contribution is 0.102. The summed E-state index contributed by atoms with van der Waals surface area (Å²) in [6.45, 7) is 0. The Balaban J connectivity index is 2.12. The van der Waals surface area contributed by atoms with Crippen LogP contribution in [0.5, 0.6) is 0 Å². The van der Waals surface area contributed by atoms with Gasteiger partial charge in [-0.25, -0.2) is 0 Å². The van der Waals surface area contributed by atoms with Crippen molar-refractivity contribution >= 4 is 35.1 Å². The zero-order valence-electron chi connectivity index (χ0n) is 8.51. The maximum atomic E-state index is 11.7. The molecule has 0 atom stereocenters. The summed E-state index contributed by atoms with van der Waals surface area (Å²) < 4.78 is 7.65. The molecule has 6 heteroatoms. The molecule has 4 nitrogen and oxygen atoms in total. The topological polar surface area (TPSA) is 54.9 Å². The number of aromatic nitrogens is 2. The molecule has 16 heavy (non-hydrogen) atoms. The summed E-state index contributed by atoms with van der Waals surface area (Å²) in [5, 5.41) is 2.77. The van der Waals surface area contributed by atoms with E-state index in [2.05, 4.69) is 14.1 Å². The van der Waals surface area contributed by atoms with Gasteiger partial charge in [0.2, 0.25) is 0 Å². The number of thioether (sulfide) groups is 1. The lowest BCUT2D eigenvalue weighted by Gasteiger charge is -2.04. The molecular weight excluding hydrogens is 242 g/mol. The van der Waals surface area contributed by atoms with Crippen LogP contribution in [0.25, 0.3) is 0 Å². The third kappa shape index (κ3) is 2.59. The van der Waals surface area contributed by atoms with Crippen molar-refractivity contribution in [1.29, 1.82) is 0 Å². The molecule has 1 amide bonds. The molecule has 1 heterocycles. The number of nitrogens with one attached hydrogen (secondary N) is 1. The van der Waals surface area contributed by atoms with Crippen LogP contribution in [0, 0.1) is 0 Å². The molecule has 0 bridgehead atoms. The van der Waals surface area contributed by atoms with E-state index < -0.39 is 0 Å². The van der Waals surface area contributed by atoms with Crippen LogP contribution >= 0.6 is 23.5 Å². The SMILES string of the molecule is CSc1cccc(NC(=O)c2cnsn2)c1. The molecule has 0 saturated heterocycles. The zero-order chi connectivity index (χ0) is 11.4. The van der Waals surface area contributed by atoms with Gasteiger partial charge in [0, 0.05) is 10.6 Å². The van der Waals surface area contributed by atoms with E-state index in [1.54, 1.807) is 11.8 Å². The minimum Gasteiger partial charge on any atom is -0.321 e. The van der Waals surface area contributed by atoms with Crippen LogP contribution in [-0.4, -0.2) is 20.9 Å². The lowest BCUT2D eigenvalue weighted by Crippen LogP contribution is -2.11. The van der Waals surface area contributed by atoms with Crippen LogP contribution in [0.3, 0.4) is 0 Å². The van der Waals surface area contributed by atoms with Crippen LogP contribution in [0.15, 0.2) is 35.4 Å². The molecule has 0 aliphatic rings. The van der Waals surface area contributed by atoms with E-state index in [1.165, 1.54) is 6.20 Å². The van der Waals surface area contributed by atoms with Gasteiger partial charge in [0.1, 0.15) is 0 Å². The molecule has 1 aromatic heterocycles. The van der Waals surface area contributed by atoms with Crippen LogP contribution in [0.4, 0.5) is 5.69 Å². The van der Waals surface area contributed by atoms with E-state index in [1.807, 2.05) is 30.5 Å². The standard InChI is InChI=1S/C10H9N3OS2/c1-15-8-4-2-3-7(5-8)12-10(14)9-6-11-16-13-9/h2-6H,1H3,(H,12,14). The number of benzene rings is 1. The summed E-state index contributed by atoms with van der Waals surface area (Å²) in [7, 11) is 0. The number of nitrogens with zero attached hydrogens (tertiary/aromatic N) is 2. The maximum Gasteiger partial charge on any atom is 0.277 e. The van der Waals surface area contributed by atoms with Gasteiger partial charge in [0.15, 0.2) is 5.69 Å². The third-order valence-electron chi connectivity index (χ3n) is 1.92. The van der Waals surface area contributed by atoms with Gasteiger partial charge in [-0.2, -0.15) is 8.75 Å². The van der Waals surface area contributed by atoms with Crippen LogP contribution in [-0.2, 0) is 0 Å². The molecule has 82 valence electrons. The molecule has 1 aromatic carbocycles. The molecule has 0 fully saturated rings. The molecule has 0 spiro atoms. The summed E-state index contributed by atoms with van der Waals surface area (Å²) in [5.41, 5.74) is 1.12. The van der Waals surface area contributed by atoms with Crippen molar-refractivity contribution in [3.63, 3.8) is 0 Å². The Morgan fingerprint density at radius 1 is 1.50 bits per heavy atom. The van der Waals surface area contributed by atoms with E-state index in [-0.39, 0.29) is 5.91 Å².